The number of ether oxygens (including phenoxy) is 2. The SMILES string of the molecule is CCOC(=O)[C@H]1C[C@@H]2CC(=O)CC[C@@H]2CN1C(=O)OC. The van der Waals surface area contributed by atoms with E-state index in [0.29, 0.717) is 25.8 Å². The third kappa shape index (κ3) is 2.94. The normalized spacial score (nSPS) is 29.6. The maximum atomic E-state index is 12.0. The van der Waals surface area contributed by atoms with Gasteiger partial charge in [-0.25, -0.2) is 9.59 Å². The monoisotopic (exact) mass is 283 g/mol. The van der Waals surface area contributed by atoms with Crippen LogP contribution in [-0.4, -0.2) is 49.0 Å². The summed E-state index contributed by atoms with van der Waals surface area (Å²) < 4.78 is 9.80. The topological polar surface area (TPSA) is 72.9 Å². The van der Waals surface area contributed by atoms with Gasteiger partial charge in [-0.05, 0) is 31.6 Å². The Morgan fingerprint density at radius 1 is 1.35 bits per heavy atom. The summed E-state index contributed by atoms with van der Waals surface area (Å²) in [7, 11) is 1.31. The molecule has 2 fully saturated rings. The first-order chi connectivity index (χ1) is 9.56. The number of fused-ring (bicyclic) bond motifs is 1. The Morgan fingerprint density at radius 2 is 2.10 bits per heavy atom. The fourth-order valence-corrected chi connectivity index (χ4v) is 3.23. The van der Waals surface area contributed by atoms with Gasteiger partial charge >= 0.3 is 12.1 Å². The van der Waals surface area contributed by atoms with Gasteiger partial charge in [-0.1, -0.05) is 0 Å². The average molecular weight is 283 g/mol. The first-order valence-electron chi connectivity index (χ1n) is 7.09. The Balaban J connectivity index is 2.15. The number of amides is 1. The van der Waals surface area contributed by atoms with Gasteiger partial charge < -0.3 is 9.47 Å². The molecule has 0 aromatic rings. The smallest absolute Gasteiger partial charge is 0.410 e. The maximum Gasteiger partial charge on any atom is 0.410 e. The summed E-state index contributed by atoms with van der Waals surface area (Å²) in [5.41, 5.74) is 0. The predicted octanol–water partition coefficient (Wildman–Crippen LogP) is 1.38. The fourth-order valence-electron chi connectivity index (χ4n) is 3.23. The maximum absolute atomic E-state index is 12.0. The summed E-state index contributed by atoms with van der Waals surface area (Å²) >= 11 is 0. The zero-order valence-electron chi connectivity index (χ0n) is 12.0. The molecule has 1 saturated heterocycles. The quantitative estimate of drug-likeness (QED) is 0.716. The number of hydrogen-bond acceptors (Lipinski definition) is 5. The van der Waals surface area contributed by atoms with Crippen LogP contribution in [0.4, 0.5) is 4.79 Å². The number of methoxy groups -OCH3 is 1. The molecule has 20 heavy (non-hydrogen) atoms. The van der Waals surface area contributed by atoms with Crippen molar-refractivity contribution in [1.29, 1.82) is 0 Å². The number of hydrogen-bond donors (Lipinski definition) is 0. The molecule has 1 saturated carbocycles. The van der Waals surface area contributed by atoms with Crippen LogP contribution in [0.25, 0.3) is 0 Å². The Kier molecular flexibility index (Phi) is 4.62. The van der Waals surface area contributed by atoms with Crippen LogP contribution in [0.2, 0.25) is 0 Å². The molecule has 1 amide bonds. The second kappa shape index (κ2) is 6.24. The number of likely N-dealkylation sites (tertiary alicyclic amines) is 1. The highest BCUT2D eigenvalue weighted by Gasteiger charge is 2.44. The zero-order valence-corrected chi connectivity index (χ0v) is 12.0. The Hall–Kier alpha value is -1.59. The van der Waals surface area contributed by atoms with Crippen molar-refractivity contribution in [2.75, 3.05) is 20.3 Å². The lowest BCUT2D eigenvalue weighted by Crippen LogP contribution is -2.55. The van der Waals surface area contributed by atoms with Crippen LogP contribution in [0.15, 0.2) is 0 Å². The molecule has 0 unspecified atom stereocenters. The largest absolute Gasteiger partial charge is 0.464 e. The zero-order chi connectivity index (χ0) is 14.7. The number of nitrogens with zero attached hydrogens (tertiary/aromatic N) is 1. The van der Waals surface area contributed by atoms with Crippen LogP contribution >= 0.6 is 0 Å². The van der Waals surface area contributed by atoms with Crippen molar-refractivity contribution in [1.82, 2.24) is 4.90 Å². The van der Waals surface area contributed by atoms with Crippen LogP contribution in [0.1, 0.15) is 32.6 Å². The van der Waals surface area contributed by atoms with Crippen molar-refractivity contribution in [2.45, 2.75) is 38.6 Å². The van der Waals surface area contributed by atoms with E-state index in [2.05, 4.69) is 0 Å². The number of esters is 1. The molecule has 1 aliphatic heterocycles. The average Bonchev–Trinajstić information content (AvgIpc) is 2.45. The van der Waals surface area contributed by atoms with Gasteiger partial charge in [0.1, 0.15) is 11.8 Å². The molecule has 0 spiro atoms. The number of rotatable bonds is 2. The van der Waals surface area contributed by atoms with Gasteiger partial charge in [0, 0.05) is 19.4 Å². The third-order valence-electron chi connectivity index (χ3n) is 4.25. The fraction of sp³-hybridized carbons (Fsp3) is 0.786. The summed E-state index contributed by atoms with van der Waals surface area (Å²) in [5, 5.41) is 0. The Morgan fingerprint density at radius 3 is 2.75 bits per heavy atom. The van der Waals surface area contributed by atoms with E-state index in [4.69, 9.17) is 9.47 Å². The Labute approximate surface area is 118 Å². The molecule has 112 valence electrons. The van der Waals surface area contributed by atoms with Gasteiger partial charge in [0.05, 0.1) is 13.7 Å². The van der Waals surface area contributed by atoms with Crippen molar-refractivity contribution >= 4 is 17.8 Å². The minimum atomic E-state index is -0.630. The molecule has 0 N–H and O–H groups in total. The van der Waals surface area contributed by atoms with E-state index in [1.807, 2.05) is 0 Å². The summed E-state index contributed by atoms with van der Waals surface area (Å²) in [6, 6.07) is -0.630. The van der Waals surface area contributed by atoms with Crippen molar-refractivity contribution < 1.29 is 23.9 Å². The van der Waals surface area contributed by atoms with Gasteiger partial charge in [-0.3, -0.25) is 9.69 Å². The molecule has 3 atom stereocenters. The lowest BCUT2D eigenvalue weighted by Gasteiger charge is -2.43. The minimum Gasteiger partial charge on any atom is -0.464 e. The van der Waals surface area contributed by atoms with Gasteiger partial charge in [0.15, 0.2) is 0 Å². The summed E-state index contributed by atoms with van der Waals surface area (Å²) in [4.78, 5) is 36.9. The van der Waals surface area contributed by atoms with E-state index in [9.17, 15) is 14.4 Å². The molecule has 0 bridgehead atoms. The van der Waals surface area contributed by atoms with E-state index in [-0.39, 0.29) is 24.2 Å². The number of carbonyl (C=O) groups is 3. The van der Waals surface area contributed by atoms with Crippen molar-refractivity contribution in [3.63, 3.8) is 0 Å². The van der Waals surface area contributed by atoms with E-state index in [1.165, 1.54) is 12.0 Å². The molecule has 0 aromatic heterocycles. The van der Waals surface area contributed by atoms with Crippen molar-refractivity contribution in [2.24, 2.45) is 11.8 Å². The van der Waals surface area contributed by atoms with Crippen LogP contribution < -0.4 is 0 Å². The van der Waals surface area contributed by atoms with E-state index in [1.54, 1.807) is 6.92 Å². The third-order valence-corrected chi connectivity index (χ3v) is 4.25. The molecular formula is C14H21NO5. The van der Waals surface area contributed by atoms with Gasteiger partial charge in [-0.15, -0.1) is 0 Å². The standard InChI is InChI=1S/C14H21NO5/c1-3-20-13(17)12-7-10-6-11(16)5-4-9(10)8-15(12)14(18)19-2/h9-10,12H,3-8H2,1-2H3/t9-,10+,12-/m1/s1. The van der Waals surface area contributed by atoms with Crippen LogP contribution in [-0.2, 0) is 19.1 Å². The van der Waals surface area contributed by atoms with Crippen LogP contribution in [0.3, 0.4) is 0 Å². The van der Waals surface area contributed by atoms with Crippen LogP contribution in [0, 0.1) is 11.8 Å². The first kappa shape index (κ1) is 14.8. The molecule has 0 radical (unpaired) electrons. The Bertz CT molecular complexity index is 408. The highest BCUT2D eigenvalue weighted by molar-refractivity contribution is 5.83. The molecule has 1 aliphatic carbocycles. The summed E-state index contributed by atoms with van der Waals surface area (Å²) in [6.07, 6.45) is 1.85. The number of piperidine rings is 1. The molecule has 0 aromatic carbocycles. The molecule has 6 nitrogen and oxygen atoms in total. The first-order valence-corrected chi connectivity index (χ1v) is 7.09. The van der Waals surface area contributed by atoms with Crippen molar-refractivity contribution in [3.05, 3.63) is 0 Å². The lowest BCUT2D eigenvalue weighted by molar-refractivity contribution is -0.153. The van der Waals surface area contributed by atoms with E-state index < -0.39 is 18.1 Å². The predicted molar refractivity (Wildman–Crippen MR) is 70.0 cm³/mol. The van der Waals surface area contributed by atoms with E-state index >= 15 is 0 Å². The number of carbonyl (C=O) groups excluding carboxylic acids is 3. The molecule has 2 rings (SSSR count). The highest BCUT2D eigenvalue weighted by Crippen LogP contribution is 2.37. The number of Topliss-reactive ketones (excluding diaryl/α,β-unsaturated/α-hetero) is 1. The van der Waals surface area contributed by atoms with Gasteiger partial charge in [-0.2, -0.15) is 0 Å². The lowest BCUT2D eigenvalue weighted by atomic mass is 9.72. The molecule has 6 heteroatoms. The van der Waals surface area contributed by atoms with E-state index in [0.717, 1.165) is 6.42 Å². The van der Waals surface area contributed by atoms with Gasteiger partial charge in [0.25, 0.3) is 0 Å². The van der Waals surface area contributed by atoms with Crippen LogP contribution in [0.5, 0.6) is 0 Å². The molecular weight excluding hydrogens is 262 g/mol. The summed E-state index contributed by atoms with van der Waals surface area (Å²) in [6.45, 7) is 2.47. The summed E-state index contributed by atoms with van der Waals surface area (Å²) in [5.74, 6) is 0.291. The second-order valence-corrected chi connectivity index (χ2v) is 5.43. The molecule has 2 aliphatic rings. The highest BCUT2D eigenvalue weighted by atomic mass is 16.6. The molecule has 1 heterocycles. The second-order valence-electron chi connectivity index (χ2n) is 5.43. The number of ketones is 1. The van der Waals surface area contributed by atoms with Crippen molar-refractivity contribution in [3.8, 4) is 0 Å². The van der Waals surface area contributed by atoms with Gasteiger partial charge in [0.2, 0.25) is 0 Å². The minimum absolute atomic E-state index is 0.173.